The zero-order chi connectivity index (χ0) is 9.97. The number of hydrogen-bond donors (Lipinski definition) is 0. The van der Waals surface area contributed by atoms with Gasteiger partial charge in [0.1, 0.15) is 0 Å². The Morgan fingerprint density at radius 3 is 3.00 bits per heavy atom. The molecule has 1 atom stereocenters. The van der Waals surface area contributed by atoms with Crippen molar-refractivity contribution in [3.05, 3.63) is 40.6 Å². The predicted molar refractivity (Wildman–Crippen MR) is 59.7 cm³/mol. The fraction of sp³-hybridized carbons (Fsp3) is 0.364. The first-order chi connectivity index (χ1) is 6.83. The van der Waals surface area contributed by atoms with Gasteiger partial charge in [-0.1, -0.05) is 6.92 Å². The molecule has 74 valence electrons. The normalized spacial score (nSPS) is 13.0. The molecule has 0 aliphatic rings. The zero-order valence-corrected chi connectivity index (χ0v) is 9.29. The summed E-state index contributed by atoms with van der Waals surface area (Å²) in [7, 11) is 0. The molecule has 2 nitrogen and oxygen atoms in total. The van der Waals surface area contributed by atoms with Crippen molar-refractivity contribution >= 4 is 11.3 Å². The number of nitrogens with zero attached hydrogens (tertiary/aromatic N) is 2. The average Bonchev–Trinajstić information content (AvgIpc) is 2.87. The van der Waals surface area contributed by atoms with Gasteiger partial charge in [-0.05, 0) is 35.2 Å². The van der Waals surface area contributed by atoms with Crippen molar-refractivity contribution < 1.29 is 0 Å². The molecule has 0 saturated heterocycles. The zero-order valence-electron chi connectivity index (χ0n) is 8.47. The molecule has 0 N–H and O–H groups in total. The molecule has 0 amide bonds. The van der Waals surface area contributed by atoms with Crippen LogP contribution in [0.25, 0.3) is 0 Å². The Labute approximate surface area is 88.2 Å². The predicted octanol–water partition coefficient (Wildman–Crippen LogP) is 3.12. The number of aromatic nitrogens is 2. The second-order valence-electron chi connectivity index (χ2n) is 3.39. The van der Waals surface area contributed by atoms with Crippen molar-refractivity contribution in [2.45, 2.75) is 26.3 Å². The molecule has 0 spiro atoms. The lowest BCUT2D eigenvalue weighted by atomic mass is 10.1. The molecule has 14 heavy (non-hydrogen) atoms. The highest BCUT2D eigenvalue weighted by atomic mass is 32.1. The van der Waals surface area contributed by atoms with Crippen LogP contribution < -0.4 is 0 Å². The minimum Gasteiger partial charge on any atom is -0.330 e. The van der Waals surface area contributed by atoms with Gasteiger partial charge in [0.2, 0.25) is 0 Å². The van der Waals surface area contributed by atoms with Crippen LogP contribution in [0.15, 0.2) is 29.5 Å². The SMILES string of the molecule is CCc1cscc1C(C)n1ccnc1. The molecule has 0 radical (unpaired) electrons. The fourth-order valence-corrected chi connectivity index (χ4v) is 2.68. The van der Waals surface area contributed by atoms with Gasteiger partial charge in [-0.2, -0.15) is 11.3 Å². The molecule has 0 bridgehead atoms. The van der Waals surface area contributed by atoms with Gasteiger partial charge >= 0.3 is 0 Å². The summed E-state index contributed by atoms with van der Waals surface area (Å²) in [6, 6.07) is 0.402. The van der Waals surface area contributed by atoms with Crippen LogP contribution in [-0.2, 0) is 6.42 Å². The number of rotatable bonds is 3. The highest BCUT2D eigenvalue weighted by Crippen LogP contribution is 2.25. The van der Waals surface area contributed by atoms with Crippen LogP contribution in [0.5, 0.6) is 0 Å². The lowest BCUT2D eigenvalue weighted by Gasteiger charge is -2.13. The third kappa shape index (κ3) is 1.60. The maximum atomic E-state index is 4.07. The molecule has 2 aromatic rings. The molecular formula is C11H14N2S. The van der Waals surface area contributed by atoms with Gasteiger partial charge in [0.25, 0.3) is 0 Å². The standard InChI is InChI=1S/C11H14N2S/c1-3-10-6-14-7-11(10)9(2)13-5-4-12-8-13/h4-9H,3H2,1-2H3. The first kappa shape index (κ1) is 9.46. The van der Waals surface area contributed by atoms with Gasteiger partial charge < -0.3 is 4.57 Å². The van der Waals surface area contributed by atoms with Gasteiger partial charge in [0.05, 0.1) is 12.4 Å². The van der Waals surface area contributed by atoms with E-state index in [2.05, 4.69) is 34.2 Å². The third-order valence-electron chi connectivity index (χ3n) is 2.58. The topological polar surface area (TPSA) is 17.8 Å². The van der Waals surface area contributed by atoms with Crippen molar-refractivity contribution in [3.8, 4) is 0 Å². The second kappa shape index (κ2) is 3.96. The summed E-state index contributed by atoms with van der Waals surface area (Å²) in [6.45, 7) is 4.41. The molecule has 0 aliphatic heterocycles. The first-order valence-electron chi connectivity index (χ1n) is 4.85. The molecule has 2 aromatic heterocycles. The van der Waals surface area contributed by atoms with Gasteiger partial charge in [-0.3, -0.25) is 0 Å². The molecule has 3 heteroatoms. The summed E-state index contributed by atoms with van der Waals surface area (Å²) in [4.78, 5) is 4.07. The molecule has 0 aliphatic carbocycles. The van der Waals surface area contributed by atoms with E-state index < -0.39 is 0 Å². The Kier molecular flexibility index (Phi) is 2.68. The summed E-state index contributed by atoms with van der Waals surface area (Å²) in [5, 5.41) is 4.48. The molecule has 0 saturated carbocycles. The number of aryl methyl sites for hydroxylation is 1. The van der Waals surface area contributed by atoms with Gasteiger partial charge in [-0.25, -0.2) is 4.98 Å². The van der Waals surface area contributed by atoms with Crippen LogP contribution >= 0.6 is 11.3 Å². The van der Waals surface area contributed by atoms with Crippen molar-refractivity contribution in [1.29, 1.82) is 0 Å². The summed E-state index contributed by atoms with van der Waals surface area (Å²) in [6.07, 6.45) is 6.83. The average molecular weight is 206 g/mol. The first-order valence-corrected chi connectivity index (χ1v) is 5.79. The van der Waals surface area contributed by atoms with E-state index in [1.807, 2.05) is 18.7 Å². The summed E-state index contributed by atoms with van der Waals surface area (Å²) in [5.74, 6) is 0. The van der Waals surface area contributed by atoms with Crippen molar-refractivity contribution in [3.63, 3.8) is 0 Å². The van der Waals surface area contributed by atoms with E-state index in [-0.39, 0.29) is 0 Å². The van der Waals surface area contributed by atoms with E-state index in [1.165, 1.54) is 11.1 Å². The van der Waals surface area contributed by atoms with Crippen LogP contribution in [0.1, 0.15) is 31.0 Å². The van der Waals surface area contributed by atoms with Crippen LogP contribution in [0.3, 0.4) is 0 Å². The van der Waals surface area contributed by atoms with Crippen molar-refractivity contribution in [2.75, 3.05) is 0 Å². The van der Waals surface area contributed by atoms with Gasteiger partial charge in [-0.15, -0.1) is 0 Å². The lowest BCUT2D eigenvalue weighted by molar-refractivity contribution is 0.635. The quantitative estimate of drug-likeness (QED) is 0.754. The highest BCUT2D eigenvalue weighted by molar-refractivity contribution is 7.08. The van der Waals surface area contributed by atoms with Crippen LogP contribution in [0.4, 0.5) is 0 Å². The molecule has 2 rings (SSSR count). The minimum atomic E-state index is 0.402. The Hall–Kier alpha value is -1.09. The second-order valence-corrected chi connectivity index (χ2v) is 4.14. The maximum absolute atomic E-state index is 4.07. The van der Waals surface area contributed by atoms with Gasteiger partial charge in [0.15, 0.2) is 0 Å². The summed E-state index contributed by atoms with van der Waals surface area (Å²) >= 11 is 1.78. The van der Waals surface area contributed by atoms with Crippen LogP contribution in [-0.4, -0.2) is 9.55 Å². The fourth-order valence-electron chi connectivity index (χ4n) is 1.65. The highest BCUT2D eigenvalue weighted by Gasteiger charge is 2.11. The largest absolute Gasteiger partial charge is 0.330 e. The summed E-state index contributed by atoms with van der Waals surface area (Å²) in [5.41, 5.74) is 2.88. The molecule has 1 unspecified atom stereocenters. The van der Waals surface area contributed by atoms with E-state index in [0.717, 1.165) is 6.42 Å². The monoisotopic (exact) mass is 206 g/mol. The Morgan fingerprint density at radius 1 is 1.50 bits per heavy atom. The smallest absolute Gasteiger partial charge is 0.0951 e. The van der Waals surface area contributed by atoms with E-state index in [9.17, 15) is 0 Å². The Bertz CT molecular complexity index is 389. The Morgan fingerprint density at radius 2 is 2.36 bits per heavy atom. The number of imidazole rings is 1. The Balaban J connectivity index is 2.31. The number of hydrogen-bond acceptors (Lipinski definition) is 2. The van der Waals surface area contributed by atoms with Crippen LogP contribution in [0, 0.1) is 0 Å². The third-order valence-corrected chi connectivity index (χ3v) is 3.39. The van der Waals surface area contributed by atoms with E-state index >= 15 is 0 Å². The molecule has 2 heterocycles. The lowest BCUT2D eigenvalue weighted by Crippen LogP contribution is -2.05. The molecular weight excluding hydrogens is 192 g/mol. The van der Waals surface area contributed by atoms with E-state index in [0.29, 0.717) is 6.04 Å². The van der Waals surface area contributed by atoms with E-state index in [1.54, 1.807) is 11.3 Å². The van der Waals surface area contributed by atoms with Crippen molar-refractivity contribution in [2.24, 2.45) is 0 Å². The maximum Gasteiger partial charge on any atom is 0.0951 e. The van der Waals surface area contributed by atoms with Crippen molar-refractivity contribution in [1.82, 2.24) is 9.55 Å². The van der Waals surface area contributed by atoms with Gasteiger partial charge in [0, 0.05) is 12.4 Å². The minimum absolute atomic E-state index is 0.402. The molecule has 0 aromatic carbocycles. The van der Waals surface area contributed by atoms with E-state index in [4.69, 9.17) is 0 Å². The number of thiophene rings is 1. The molecule has 0 fully saturated rings. The van der Waals surface area contributed by atoms with Crippen LogP contribution in [0.2, 0.25) is 0 Å². The summed E-state index contributed by atoms with van der Waals surface area (Å²) < 4.78 is 2.14.